The predicted molar refractivity (Wildman–Crippen MR) is 98.6 cm³/mol. The van der Waals surface area contributed by atoms with Crippen molar-refractivity contribution in [2.45, 2.75) is 51.8 Å². The molecule has 0 unspecified atom stereocenters. The standard InChI is InChI=1S/C17H18F3N3O3S2/c1-8-7-27-13(21-8)16(26,17(18,19)20)6-11(25)23-14-22-9-4-15(2,3)5-10(24)12(9)28-14/h7,26H,4-6H2,1-3H3,(H,22,23,25)/t16-/m1/s1. The van der Waals surface area contributed by atoms with E-state index in [9.17, 15) is 27.9 Å². The number of ketones is 1. The average molecular weight is 433 g/mol. The quantitative estimate of drug-likeness (QED) is 0.764. The second-order valence-electron chi connectivity index (χ2n) is 7.61. The largest absolute Gasteiger partial charge is 0.424 e. The summed E-state index contributed by atoms with van der Waals surface area (Å²) in [5.74, 6) is -1.17. The summed E-state index contributed by atoms with van der Waals surface area (Å²) in [5.41, 5.74) is -2.82. The number of anilines is 1. The fraction of sp³-hybridized carbons (Fsp3) is 0.529. The van der Waals surface area contributed by atoms with E-state index in [1.165, 1.54) is 12.3 Å². The van der Waals surface area contributed by atoms with E-state index in [2.05, 4.69) is 15.3 Å². The molecular weight excluding hydrogens is 415 g/mol. The van der Waals surface area contributed by atoms with Crippen LogP contribution in [0.2, 0.25) is 0 Å². The van der Waals surface area contributed by atoms with Crippen LogP contribution in [0.5, 0.6) is 0 Å². The molecule has 6 nitrogen and oxygen atoms in total. The van der Waals surface area contributed by atoms with Gasteiger partial charge < -0.3 is 10.4 Å². The summed E-state index contributed by atoms with van der Waals surface area (Å²) < 4.78 is 40.5. The summed E-state index contributed by atoms with van der Waals surface area (Å²) in [5, 5.41) is 13.3. The highest BCUT2D eigenvalue weighted by molar-refractivity contribution is 7.17. The lowest BCUT2D eigenvalue weighted by molar-refractivity contribution is -0.266. The molecule has 0 radical (unpaired) electrons. The second kappa shape index (κ2) is 6.89. The van der Waals surface area contributed by atoms with Crippen molar-refractivity contribution < 1.29 is 27.9 Å². The van der Waals surface area contributed by atoms with E-state index >= 15 is 0 Å². The van der Waals surface area contributed by atoms with Crippen molar-refractivity contribution in [3.8, 4) is 0 Å². The number of nitrogens with zero attached hydrogens (tertiary/aromatic N) is 2. The Morgan fingerprint density at radius 2 is 2.00 bits per heavy atom. The fourth-order valence-electron chi connectivity index (χ4n) is 3.01. The highest BCUT2D eigenvalue weighted by atomic mass is 32.1. The number of hydrogen-bond acceptors (Lipinski definition) is 7. The SMILES string of the molecule is Cc1csc([C@](O)(CC(=O)Nc2nc3c(s2)C(=O)CC(C)(C)C3)C(F)(F)F)n1. The zero-order valence-electron chi connectivity index (χ0n) is 15.3. The smallest absolute Gasteiger partial charge is 0.374 e. The van der Waals surface area contributed by atoms with E-state index in [1.807, 2.05) is 13.8 Å². The summed E-state index contributed by atoms with van der Waals surface area (Å²) in [6.07, 6.45) is -5.47. The first-order valence-corrected chi connectivity index (χ1v) is 10.0. The molecule has 0 fully saturated rings. The Morgan fingerprint density at radius 1 is 1.32 bits per heavy atom. The van der Waals surface area contributed by atoms with Gasteiger partial charge in [0.25, 0.3) is 0 Å². The van der Waals surface area contributed by atoms with Crippen LogP contribution in [-0.4, -0.2) is 32.9 Å². The van der Waals surface area contributed by atoms with Crippen molar-refractivity contribution in [2.75, 3.05) is 5.32 Å². The first kappa shape index (κ1) is 20.9. The highest BCUT2D eigenvalue weighted by Gasteiger charge is 2.58. The van der Waals surface area contributed by atoms with Crippen LogP contribution in [-0.2, 0) is 16.8 Å². The molecule has 0 aliphatic heterocycles. The van der Waals surface area contributed by atoms with Gasteiger partial charge in [0.05, 0.1) is 17.0 Å². The number of halogens is 3. The van der Waals surface area contributed by atoms with Gasteiger partial charge in [-0.2, -0.15) is 13.2 Å². The van der Waals surface area contributed by atoms with E-state index in [4.69, 9.17) is 0 Å². The molecule has 1 amide bonds. The molecule has 0 saturated carbocycles. The Labute approximate surface area is 166 Å². The van der Waals surface area contributed by atoms with Crippen LogP contribution in [0.15, 0.2) is 5.38 Å². The van der Waals surface area contributed by atoms with Gasteiger partial charge in [0.2, 0.25) is 11.5 Å². The van der Waals surface area contributed by atoms with Crippen LogP contribution in [0, 0.1) is 12.3 Å². The molecule has 0 aromatic carbocycles. The Balaban J connectivity index is 1.81. The summed E-state index contributed by atoms with van der Waals surface area (Å²) in [6, 6.07) is 0. The molecule has 2 aromatic heterocycles. The number of thiazole rings is 2. The van der Waals surface area contributed by atoms with Crippen molar-refractivity contribution in [3.05, 3.63) is 26.7 Å². The van der Waals surface area contributed by atoms with Crippen molar-refractivity contribution in [2.24, 2.45) is 5.41 Å². The molecular formula is C17H18F3N3O3S2. The van der Waals surface area contributed by atoms with E-state index < -0.39 is 29.1 Å². The topological polar surface area (TPSA) is 92.2 Å². The van der Waals surface area contributed by atoms with E-state index in [0.717, 1.165) is 11.3 Å². The van der Waals surface area contributed by atoms with Crippen molar-refractivity contribution in [1.29, 1.82) is 0 Å². The summed E-state index contributed by atoms with van der Waals surface area (Å²) in [7, 11) is 0. The maximum absolute atomic E-state index is 13.5. The number of Topliss-reactive ketones (excluding diaryl/α,β-unsaturated/α-hetero) is 1. The Kier molecular flexibility index (Phi) is 5.13. The Bertz CT molecular complexity index is 936. The molecule has 3 rings (SSSR count). The van der Waals surface area contributed by atoms with Crippen LogP contribution < -0.4 is 5.32 Å². The number of aromatic nitrogens is 2. The lowest BCUT2D eigenvalue weighted by Gasteiger charge is -2.27. The number of nitrogens with one attached hydrogen (secondary N) is 1. The predicted octanol–water partition coefficient (Wildman–Crippen LogP) is 3.84. The van der Waals surface area contributed by atoms with Gasteiger partial charge in [-0.3, -0.25) is 9.59 Å². The third-order valence-electron chi connectivity index (χ3n) is 4.34. The minimum absolute atomic E-state index is 0.0425. The maximum atomic E-state index is 13.5. The number of alkyl halides is 3. The third kappa shape index (κ3) is 3.96. The van der Waals surface area contributed by atoms with Crippen LogP contribution in [0.25, 0.3) is 0 Å². The van der Waals surface area contributed by atoms with Gasteiger partial charge in [0, 0.05) is 17.5 Å². The molecule has 1 atom stereocenters. The highest BCUT2D eigenvalue weighted by Crippen LogP contribution is 2.43. The lowest BCUT2D eigenvalue weighted by Crippen LogP contribution is -2.45. The summed E-state index contributed by atoms with van der Waals surface area (Å²) in [4.78, 5) is 32.8. The molecule has 0 saturated heterocycles. The van der Waals surface area contributed by atoms with Crippen LogP contribution in [0.1, 0.15) is 52.8 Å². The normalized spacial score (nSPS) is 18.5. The van der Waals surface area contributed by atoms with Gasteiger partial charge in [-0.25, -0.2) is 9.97 Å². The molecule has 2 heterocycles. The maximum Gasteiger partial charge on any atom is 0.424 e. The molecule has 152 valence electrons. The minimum atomic E-state index is -5.09. The molecule has 0 bridgehead atoms. The van der Waals surface area contributed by atoms with Crippen molar-refractivity contribution in [1.82, 2.24) is 9.97 Å². The lowest BCUT2D eigenvalue weighted by atomic mass is 9.78. The number of rotatable bonds is 4. The van der Waals surface area contributed by atoms with Gasteiger partial charge in [-0.1, -0.05) is 25.2 Å². The Morgan fingerprint density at radius 3 is 2.57 bits per heavy atom. The number of carbonyl (C=O) groups is 2. The molecule has 0 spiro atoms. The van der Waals surface area contributed by atoms with Gasteiger partial charge in [0.15, 0.2) is 10.9 Å². The number of carbonyl (C=O) groups excluding carboxylic acids is 2. The zero-order chi connectivity index (χ0) is 20.9. The zero-order valence-corrected chi connectivity index (χ0v) is 16.9. The van der Waals surface area contributed by atoms with E-state index in [-0.39, 0.29) is 16.3 Å². The average Bonchev–Trinajstić information content (AvgIpc) is 3.11. The number of fused-ring (bicyclic) bond motifs is 1. The number of aliphatic hydroxyl groups is 1. The molecule has 2 N–H and O–H groups in total. The fourth-order valence-corrected chi connectivity index (χ4v) is 4.86. The molecule has 28 heavy (non-hydrogen) atoms. The van der Waals surface area contributed by atoms with Gasteiger partial charge in [-0.05, 0) is 18.8 Å². The molecule has 1 aliphatic carbocycles. The monoisotopic (exact) mass is 433 g/mol. The van der Waals surface area contributed by atoms with Crippen LogP contribution in [0.4, 0.5) is 18.3 Å². The van der Waals surface area contributed by atoms with Crippen LogP contribution in [0.3, 0.4) is 0 Å². The first-order chi connectivity index (χ1) is 12.8. The third-order valence-corrected chi connectivity index (χ3v) is 6.51. The van der Waals surface area contributed by atoms with E-state index in [0.29, 0.717) is 40.4 Å². The number of hydrogen-bond donors (Lipinski definition) is 2. The van der Waals surface area contributed by atoms with Crippen LogP contribution >= 0.6 is 22.7 Å². The number of aryl methyl sites for hydroxylation is 1. The van der Waals surface area contributed by atoms with Crippen molar-refractivity contribution in [3.63, 3.8) is 0 Å². The van der Waals surface area contributed by atoms with Crippen molar-refractivity contribution >= 4 is 39.5 Å². The summed E-state index contributed by atoms with van der Waals surface area (Å²) >= 11 is 1.57. The van der Waals surface area contributed by atoms with E-state index in [1.54, 1.807) is 0 Å². The minimum Gasteiger partial charge on any atom is -0.374 e. The first-order valence-electron chi connectivity index (χ1n) is 8.35. The Hall–Kier alpha value is -1.85. The molecule has 1 aliphatic rings. The molecule has 11 heteroatoms. The number of amides is 1. The van der Waals surface area contributed by atoms with Gasteiger partial charge in [0.1, 0.15) is 5.01 Å². The summed E-state index contributed by atoms with van der Waals surface area (Å²) in [6.45, 7) is 5.34. The van der Waals surface area contributed by atoms with Gasteiger partial charge >= 0.3 is 6.18 Å². The molecule has 2 aromatic rings. The van der Waals surface area contributed by atoms with Gasteiger partial charge in [-0.15, -0.1) is 11.3 Å². The second-order valence-corrected chi connectivity index (χ2v) is 9.47.